The number of anilines is 1. The van der Waals surface area contributed by atoms with Crippen LogP contribution in [0.5, 0.6) is 0 Å². The first-order chi connectivity index (χ1) is 13.4. The Bertz CT molecular complexity index is 1050. The standard InChI is InChI=1S/C18H20ClN7O2/c1-3-14(27)12(10(2)19)9-26-16-15(24-18(26)28)13(6-20)23-17(25-16)22-8-11-4-5-21-7-11/h3,11,21,27H,1-2,4-5,7-9H2,(H,24,28)(H,22,23,25)/b14-12+/t11-/m1/s1. The van der Waals surface area contributed by atoms with Gasteiger partial charge >= 0.3 is 5.69 Å². The molecule has 1 saturated heterocycles. The fourth-order valence-electron chi connectivity index (χ4n) is 3.05. The Morgan fingerprint density at radius 2 is 2.32 bits per heavy atom. The molecule has 1 atom stereocenters. The first-order valence-electron chi connectivity index (χ1n) is 8.69. The highest BCUT2D eigenvalue weighted by Gasteiger charge is 2.19. The summed E-state index contributed by atoms with van der Waals surface area (Å²) in [5.41, 5.74) is 0.221. The third-order valence-electron chi connectivity index (χ3n) is 4.59. The van der Waals surface area contributed by atoms with Crippen molar-refractivity contribution in [2.24, 2.45) is 5.92 Å². The molecule has 1 aliphatic heterocycles. The van der Waals surface area contributed by atoms with E-state index >= 15 is 0 Å². The predicted octanol–water partition coefficient (Wildman–Crippen LogP) is 1.76. The molecule has 28 heavy (non-hydrogen) atoms. The largest absolute Gasteiger partial charge is 0.508 e. The van der Waals surface area contributed by atoms with Crippen molar-refractivity contribution in [1.29, 1.82) is 5.26 Å². The SMILES string of the molecule is C=C/C(O)=C(/Cn1c(=O)[nH]c2c(C#N)nc(NC[C@@H]3CCNC3)nc21)C(=C)Cl. The molecule has 146 valence electrons. The first-order valence-corrected chi connectivity index (χ1v) is 9.07. The summed E-state index contributed by atoms with van der Waals surface area (Å²) in [6.45, 7) is 9.54. The van der Waals surface area contributed by atoms with Crippen LogP contribution in [0.1, 0.15) is 12.1 Å². The van der Waals surface area contributed by atoms with Crippen LogP contribution in [0.2, 0.25) is 0 Å². The fourth-order valence-corrected chi connectivity index (χ4v) is 3.20. The minimum Gasteiger partial charge on any atom is -0.508 e. The van der Waals surface area contributed by atoms with Gasteiger partial charge in [-0.2, -0.15) is 15.2 Å². The number of nitrogens with zero attached hydrogens (tertiary/aromatic N) is 4. The van der Waals surface area contributed by atoms with Crippen LogP contribution in [-0.4, -0.2) is 44.3 Å². The molecule has 0 unspecified atom stereocenters. The van der Waals surface area contributed by atoms with Crippen molar-refractivity contribution in [3.63, 3.8) is 0 Å². The molecule has 0 bridgehead atoms. The number of hydrogen-bond donors (Lipinski definition) is 4. The maximum atomic E-state index is 12.5. The Kier molecular flexibility index (Phi) is 5.82. The van der Waals surface area contributed by atoms with Crippen LogP contribution in [0, 0.1) is 17.2 Å². The van der Waals surface area contributed by atoms with E-state index in [0.717, 1.165) is 19.5 Å². The number of hydrogen-bond acceptors (Lipinski definition) is 7. The van der Waals surface area contributed by atoms with Crippen molar-refractivity contribution in [2.75, 3.05) is 25.0 Å². The Labute approximate surface area is 166 Å². The van der Waals surface area contributed by atoms with Gasteiger partial charge in [0.2, 0.25) is 5.95 Å². The Balaban J connectivity index is 2.03. The van der Waals surface area contributed by atoms with Crippen LogP contribution in [0.3, 0.4) is 0 Å². The lowest BCUT2D eigenvalue weighted by Crippen LogP contribution is -2.20. The molecular formula is C18H20ClN7O2. The summed E-state index contributed by atoms with van der Waals surface area (Å²) in [5, 5.41) is 25.9. The molecule has 1 fully saturated rings. The van der Waals surface area contributed by atoms with Crippen molar-refractivity contribution in [1.82, 2.24) is 24.8 Å². The summed E-state index contributed by atoms with van der Waals surface area (Å²) in [7, 11) is 0. The average Bonchev–Trinajstić information content (AvgIpc) is 3.30. The summed E-state index contributed by atoms with van der Waals surface area (Å²) < 4.78 is 1.27. The number of aromatic nitrogens is 4. The van der Waals surface area contributed by atoms with E-state index in [0.29, 0.717) is 12.5 Å². The Morgan fingerprint density at radius 1 is 1.54 bits per heavy atom. The van der Waals surface area contributed by atoms with Crippen LogP contribution < -0.4 is 16.3 Å². The number of aliphatic hydroxyl groups is 1. The maximum absolute atomic E-state index is 12.5. The van der Waals surface area contributed by atoms with E-state index in [9.17, 15) is 15.2 Å². The van der Waals surface area contributed by atoms with Crippen molar-refractivity contribution in [3.05, 3.63) is 51.8 Å². The summed E-state index contributed by atoms with van der Waals surface area (Å²) in [4.78, 5) is 23.6. The van der Waals surface area contributed by atoms with Crippen molar-refractivity contribution < 1.29 is 5.11 Å². The number of rotatable bonds is 7. The lowest BCUT2D eigenvalue weighted by Gasteiger charge is -2.11. The van der Waals surface area contributed by atoms with E-state index < -0.39 is 5.69 Å². The minimum atomic E-state index is -0.509. The van der Waals surface area contributed by atoms with Crippen molar-refractivity contribution in [2.45, 2.75) is 13.0 Å². The van der Waals surface area contributed by atoms with Gasteiger partial charge in [0.1, 0.15) is 17.3 Å². The van der Waals surface area contributed by atoms with Gasteiger partial charge < -0.3 is 20.7 Å². The minimum absolute atomic E-state index is 0.0519. The number of imidazole rings is 1. The zero-order chi connectivity index (χ0) is 20.3. The van der Waals surface area contributed by atoms with E-state index in [1.807, 2.05) is 6.07 Å². The number of aliphatic hydroxyl groups excluding tert-OH is 1. The third-order valence-corrected chi connectivity index (χ3v) is 4.81. The molecule has 0 aliphatic carbocycles. The van der Waals surface area contributed by atoms with Gasteiger partial charge in [-0.3, -0.25) is 4.57 Å². The van der Waals surface area contributed by atoms with E-state index in [1.54, 1.807) is 0 Å². The molecule has 0 radical (unpaired) electrons. The fraction of sp³-hybridized carbons (Fsp3) is 0.333. The van der Waals surface area contributed by atoms with Crippen LogP contribution in [0.4, 0.5) is 5.95 Å². The second-order valence-corrected chi connectivity index (χ2v) is 6.89. The van der Waals surface area contributed by atoms with Gasteiger partial charge in [-0.15, -0.1) is 0 Å². The molecule has 1 aliphatic rings. The van der Waals surface area contributed by atoms with Gasteiger partial charge in [-0.1, -0.05) is 24.8 Å². The quantitative estimate of drug-likeness (QED) is 0.410. The second-order valence-electron chi connectivity index (χ2n) is 6.44. The molecule has 0 spiro atoms. The van der Waals surface area contributed by atoms with Crippen LogP contribution in [0.15, 0.2) is 40.4 Å². The van der Waals surface area contributed by atoms with Crippen molar-refractivity contribution in [3.8, 4) is 6.07 Å². The summed E-state index contributed by atoms with van der Waals surface area (Å²) in [6, 6.07) is 1.98. The highest BCUT2D eigenvalue weighted by molar-refractivity contribution is 6.31. The van der Waals surface area contributed by atoms with Crippen molar-refractivity contribution >= 4 is 28.7 Å². The van der Waals surface area contributed by atoms with Crippen LogP contribution >= 0.6 is 11.6 Å². The number of fused-ring (bicyclic) bond motifs is 1. The highest BCUT2D eigenvalue weighted by Crippen LogP contribution is 2.21. The van der Waals surface area contributed by atoms with Gasteiger partial charge in [-0.25, -0.2) is 4.79 Å². The summed E-state index contributed by atoms with van der Waals surface area (Å²) in [6.07, 6.45) is 2.25. The molecular weight excluding hydrogens is 382 g/mol. The molecule has 9 nitrogen and oxygen atoms in total. The number of nitriles is 1. The average molecular weight is 402 g/mol. The van der Waals surface area contributed by atoms with Gasteiger partial charge in [0.05, 0.1) is 6.54 Å². The number of nitrogens with one attached hydrogen (secondary N) is 3. The van der Waals surface area contributed by atoms with E-state index in [2.05, 4.69) is 38.7 Å². The first kappa shape index (κ1) is 19.7. The molecule has 3 heterocycles. The number of halogens is 1. The van der Waals surface area contributed by atoms with E-state index in [4.69, 9.17) is 11.6 Å². The number of allylic oxidation sites excluding steroid dienone is 3. The number of H-pyrrole nitrogens is 1. The third kappa shape index (κ3) is 3.93. The van der Waals surface area contributed by atoms with Crippen LogP contribution in [-0.2, 0) is 6.54 Å². The normalized spacial score (nSPS) is 17.2. The monoisotopic (exact) mass is 401 g/mol. The molecule has 3 rings (SSSR count). The number of aromatic amines is 1. The van der Waals surface area contributed by atoms with E-state index in [1.165, 1.54) is 10.6 Å². The Morgan fingerprint density at radius 3 is 2.93 bits per heavy atom. The summed E-state index contributed by atoms with van der Waals surface area (Å²) >= 11 is 5.96. The van der Waals surface area contributed by atoms with Gasteiger partial charge in [0.15, 0.2) is 11.3 Å². The maximum Gasteiger partial charge on any atom is 0.328 e. The highest BCUT2D eigenvalue weighted by atomic mass is 35.5. The van der Waals surface area contributed by atoms with Gasteiger partial charge in [-0.05, 0) is 31.5 Å². The predicted molar refractivity (Wildman–Crippen MR) is 107 cm³/mol. The molecule has 2 aromatic heterocycles. The molecule has 0 saturated carbocycles. The molecule has 0 aromatic carbocycles. The summed E-state index contributed by atoms with van der Waals surface area (Å²) in [5.74, 6) is 0.506. The Hall–Kier alpha value is -3.09. The second kappa shape index (κ2) is 8.29. The van der Waals surface area contributed by atoms with Gasteiger partial charge in [0, 0.05) is 17.2 Å². The molecule has 2 aromatic rings. The zero-order valence-electron chi connectivity index (χ0n) is 15.1. The molecule has 4 N–H and O–H groups in total. The zero-order valence-corrected chi connectivity index (χ0v) is 15.9. The smallest absolute Gasteiger partial charge is 0.328 e. The van der Waals surface area contributed by atoms with Crippen LogP contribution in [0.25, 0.3) is 11.2 Å². The van der Waals surface area contributed by atoms with Gasteiger partial charge in [0.25, 0.3) is 0 Å². The molecule has 0 amide bonds. The topological polar surface area (TPSA) is 132 Å². The molecule has 10 heteroatoms. The van der Waals surface area contributed by atoms with E-state index in [-0.39, 0.29) is 45.7 Å². The lowest BCUT2D eigenvalue weighted by molar-refractivity contribution is 0.423. The lowest BCUT2D eigenvalue weighted by atomic mass is 10.1.